The number of urea groups is 1. The number of aliphatic carboxylic acids is 1. The lowest BCUT2D eigenvalue weighted by Crippen LogP contribution is -2.47. The molecular formula is C13H23N3O3. The molecule has 2 saturated heterocycles. The molecule has 0 aromatic heterocycles. The Hall–Kier alpha value is -1.30. The number of rotatable bonds is 4. The summed E-state index contributed by atoms with van der Waals surface area (Å²) in [6.07, 6.45) is 3.90. The van der Waals surface area contributed by atoms with E-state index in [1.54, 1.807) is 11.8 Å². The maximum Gasteiger partial charge on any atom is 0.326 e. The van der Waals surface area contributed by atoms with Gasteiger partial charge in [0.2, 0.25) is 0 Å². The third-order valence-electron chi connectivity index (χ3n) is 4.11. The van der Waals surface area contributed by atoms with Gasteiger partial charge < -0.3 is 15.3 Å². The number of nitrogens with one attached hydrogen (secondary N) is 1. The Kier molecular flexibility index (Phi) is 4.63. The van der Waals surface area contributed by atoms with Crippen LogP contribution in [-0.2, 0) is 4.79 Å². The summed E-state index contributed by atoms with van der Waals surface area (Å²) in [6, 6.07) is -0.563. The monoisotopic (exact) mass is 269 g/mol. The minimum absolute atomic E-state index is 0.240. The number of hydrogen-bond acceptors (Lipinski definition) is 3. The van der Waals surface area contributed by atoms with E-state index in [1.165, 1.54) is 12.8 Å². The van der Waals surface area contributed by atoms with Gasteiger partial charge in [-0.15, -0.1) is 0 Å². The number of carbonyl (C=O) groups excluding carboxylic acids is 1. The number of amides is 2. The molecule has 2 fully saturated rings. The van der Waals surface area contributed by atoms with Crippen LogP contribution in [0.5, 0.6) is 0 Å². The van der Waals surface area contributed by atoms with Gasteiger partial charge in [0.05, 0.1) is 0 Å². The Morgan fingerprint density at radius 1 is 1.32 bits per heavy atom. The van der Waals surface area contributed by atoms with Crippen molar-refractivity contribution in [2.75, 3.05) is 26.2 Å². The Bertz CT molecular complexity index is 342. The molecule has 2 heterocycles. The summed E-state index contributed by atoms with van der Waals surface area (Å²) in [7, 11) is 0. The predicted molar refractivity (Wildman–Crippen MR) is 71.0 cm³/mol. The van der Waals surface area contributed by atoms with Gasteiger partial charge >= 0.3 is 12.0 Å². The largest absolute Gasteiger partial charge is 0.480 e. The van der Waals surface area contributed by atoms with Crippen molar-refractivity contribution in [1.29, 1.82) is 0 Å². The van der Waals surface area contributed by atoms with Gasteiger partial charge in [0, 0.05) is 19.1 Å². The number of carbonyl (C=O) groups is 2. The number of nitrogens with zero attached hydrogens (tertiary/aromatic N) is 2. The van der Waals surface area contributed by atoms with Crippen molar-refractivity contribution < 1.29 is 14.7 Å². The average Bonchev–Trinajstić information content (AvgIpc) is 3.04. The van der Waals surface area contributed by atoms with Gasteiger partial charge in [-0.1, -0.05) is 6.92 Å². The number of carboxylic acid groups (broad SMARTS) is 1. The molecule has 2 aliphatic heterocycles. The summed E-state index contributed by atoms with van der Waals surface area (Å²) < 4.78 is 0. The van der Waals surface area contributed by atoms with Crippen molar-refractivity contribution in [3.05, 3.63) is 0 Å². The number of carboxylic acids is 1. The molecular weight excluding hydrogens is 246 g/mol. The second-order valence-corrected chi connectivity index (χ2v) is 5.38. The van der Waals surface area contributed by atoms with E-state index < -0.39 is 12.0 Å². The van der Waals surface area contributed by atoms with Crippen LogP contribution in [0.3, 0.4) is 0 Å². The van der Waals surface area contributed by atoms with Gasteiger partial charge in [0.1, 0.15) is 6.04 Å². The summed E-state index contributed by atoms with van der Waals surface area (Å²) in [5.74, 6) is -0.967. The highest BCUT2D eigenvalue weighted by Gasteiger charge is 2.32. The van der Waals surface area contributed by atoms with Crippen LogP contribution in [0.1, 0.15) is 32.6 Å². The van der Waals surface area contributed by atoms with E-state index >= 15 is 0 Å². The summed E-state index contributed by atoms with van der Waals surface area (Å²) in [5.41, 5.74) is 0. The highest BCUT2D eigenvalue weighted by molar-refractivity contribution is 5.82. The zero-order valence-electron chi connectivity index (χ0n) is 11.5. The number of likely N-dealkylation sites (tertiary alicyclic amines) is 2. The summed E-state index contributed by atoms with van der Waals surface area (Å²) in [6.45, 7) is 5.47. The quantitative estimate of drug-likeness (QED) is 0.789. The molecule has 0 bridgehead atoms. The predicted octanol–water partition coefficient (Wildman–Crippen LogP) is 0.729. The lowest BCUT2D eigenvalue weighted by molar-refractivity contribution is -0.139. The Labute approximate surface area is 113 Å². The molecule has 2 N–H and O–H groups in total. The average molecular weight is 269 g/mol. The maximum atomic E-state index is 12.0. The molecule has 2 amide bonds. The van der Waals surface area contributed by atoms with E-state index in [4.69, 9.17) is 5.11 Å². The standard InChI is InChI=1S/C13H23N3O3/c1-2-11(12(17)18)14-13(19)16-8-5-10(9-16)15-6-3-4-7-15/h10-11H,2-9H2,1H3,(H,14,19)(H,17,18). The van der Waals surface area contributed by atoms with Crippen molar-refractivity contribution >= 4 is 12.0 Å². The Balaban J connectivity index is 1.82. The van der Waals surface area contributed by atoms with Crippen LogP contribution in [0.2, 0.25) is 0 Å². The van der Waals surface area contributed by atoms with Crippen LogP contribution in [0.15, 0.2) is 0 Å². The molecule has 19 heavy (non-hydrogen) atoms. The summed E-state index contributed by atoms with van der Waals surface area (Å²) >= 11 is 0. The van der Waals surface area contributed by atoms with E-state index in [0.717, 1.165) is 32.6 Å². The van der Waals surface area contributed by atoms with Gasteiger partial charge in [-0.3, -0.25) is 4.90 Å². The van der Waals surface area contributed by atoms with Crippen molar-refractivity contribution in [2.45, 2.75) is 44.7 Å². The topological polar surface area (TPSA) is 72.9 Å². The zero-order chi connectivity index (χ0) is 13.8. The van der Waals surface area contributed by atoms with Crippen LogP contribution in [0, 0.1) is 0 Å². The minimum atomic E-state index is -0.967. The lowest BCUT2D eigenvalue weighted by Gasteiger charge is -2.24. The molecule has 0 spiro atoms. The van der Waals surface area contributed by atoms with Crippen molar-refractivity contribution in [3.8, 4) is 0 Å². The third kappa shape index (κ3) is 3.37. The molecule has 0 aromatic carbocycles. The first-order valence-corrected chi connectivity index (χ1v) is 7.14. The smallest absolute Gasteiger partial charge is 0.326 e. The summed E-state index contributed by atoms with van der Waals surface area (Å²) in [5, 5.41) is 11.5. The summed E-state index contributed by atoms with van der Waals surface area (Å²) in [4.78, 5) is 27.1. The van der Waals surface area contributed by atoms with Crippen LogP contribution in [0.4, 0.5) is 4.79 Å². The molecule has 2 aliphatic rings. The molecule has 0 radical (unpaired) electrons. The molecule has 6 heteroatoms. The maximum absolute atomic E-state index is 12.0. The van der Waals surface area contributed by atoms with Crippen molar-refractivity contribution in [1.82, 2.24) is 15.1 Å². The van der Waals surface area contributed by atoms with Crippen LogP contribution >= 0.6 is 0 Å². The van der Waals surface area contributed by atoms with E-state index in [0.29, 0.717) is 12.5 Å². The van der Waals surface area contributed by atoms with E-state index in [2.05, 4.69) is 10.2 Å². The fraction of sp³-hybridized carbons (Fsp3) is 0.846. The van der Waals surface area contributed by atoms with Gasteiger partial charge in [0.15, 0.2) is 0 Å². The first kappa shape index (κ1) is 14.1. The van der Waals surface area contributed by atoms with Gasteiger partial charge in [-0.2, -0.15) is 0 Å². The van der Waals surface area contributed by atoms with Crippen LogP contribution < -0.4 is 5.32 Å². The molecule has 0 aliphatic carbocycles. The molecule has 0 aromatic rings. The molecule has 0 saturated carbocycles. The van der Waals surface area contributed by atoms with Gasteiger partial charge in [0.25, 0.3) is 0 Å². The fourth-order valence-corrected chi connectivity index (χ4v) is 2.91. The van der Waals surface area contributed by atoms with Crippen LogP contribution in [0.25, 0.3) is 0 Å². The van der Waals surface area contributed by atoms with E-state index in [-0.39, 0.29) is 6.03 Å². The third-order valence-corrected chi connectivity index (χ3v) is 4.11. The highest BCUT2D eigenvalue weighted by Crippen LogP contribution is 2.20. The molecule has 2 unspecified atom stereocenters. The van der Waals surface area contributed by atoms with Gasteiger partial charge in [-0.05, 0) is 38.8 Å². The molecule has 2 atom stereocenters. The first-order valence-electron chi connectivity index (χ1n) is 7.14. The Morgan fingerprint density at radius 3 is 2.58 bits per heavy atom. The Morgan fingerprint density at radius 2 is 2.00 bits per heavy atom. The van der Waals surface area contributed by atoms with Gasteiger partial charge in [-0.25, -0.2) is 9.59 Å². The number of hydrogen-bond donors (Lipinski definition) is 2. The molecule has 2 rings (SSSR count). The molecule has 108 valence electrons. The second kappa shape index (κ2) is 6.23. The first-order chi connectivity index (χ1) is 9.11. The minimum Gasteiger partial charge on any atom is -0.480 e. The van der Waals surface area contributed by atoms with E-state index in [9.17, 15) is 9.59 Å². The van der Waals surface area contributed by atoms with Crippen LogP contribution in [-0.4, -0.2) is 65.2 Å². The van der Waals surface area contributed by atoms with E-state index in [1.807, 2.05) is 0 Å². The van der Waals surface area contributed by atoms with Crippen molar-refractivity contribution in [3.63, 3.8) is 0 Å². The lowest BCUT2D eigenvalue weighted by atomic mass is 10.2. The highest BCUT2D eigenvalue weighted by atomic mass is 16.4. The fourth-order valence-electron chi connectivity index (χ4n) is 2.91. The second-order valence-electron chi connectivity index (χ2n) is 5.38. The molecule has 6 nitrogen and oxygen atoms in total. The normalized spacial score (nSPS) is 25.5. The zero-order valence-corrected chi connectivity index (χ0v) is 11.5. The van der Waals surface area contributed by atoms with Crippen molar-refractivity contribution in [2.24, 2.45) is 0 Å². The SMILES string of the molecule is CCC(NC(=O)N1CCC(N2CCCC2)C1)C(=O)O.